The molecule has 0 aliphatic carbocycles. The molecule has 3 aromatic rings. The van der Waals surface area contributed by atoms with Crippen LogP contribution in [0.2, 0.25) is 5.02 Å². The third-order valence-corrected chi connectivity index (χ3v) is 3.63. The van der Waals surface area contributed by atoms with E-state index in [-0.39, 0.29) is 24.6 Å². The summed E-state index contributed by atoms with van der Waals surface area (Å²) in [6.45, 7) is 0.582. The standard InChI is InChI=1S/C17H13ClN2O3/c18-13-4-5-15-12(9-13)10-16(23-15)17(21)20(7-2-6-19)11-14-3-1-8-22-14/h1,3-5,8-10H,2,7,11H2. The van der Waals surface area contributed by atoms with Crippen LogP contribution < -0.4 is 0 Å². The van der Waals surface area contributed by atoms with Gasteiger partial charge in [0, 0.05) is 17.0 Å². The Morgan fingerprint density at radius 3 is 2.91 bits per heavy atom. The van der Waals surface area contributed by atoms with Crippen LogP contribution in [0.15, 0.2) is 51.5 Å². The predicted octanol–water partition coefficient (Wildman–Crippen LogP) is 4.24. The summed E-state index contributed by atoms with van der Waals surface area (Å²) in [5.41, 5.74) is 0.594. The van der Waals surface area contributed by atoms with Gasteiger partial charge in [0.2, 0.25) is 0 Å². The highest BCUT2D eigenvalue weighted by Gasteiger charge is 2.21. The van der Waals surface area contributed by atoms with Gasteiger partial charge < -0.3 is 13.7 Å². The molecule has 23 heavy (non-hydrogen) atoms. The number of hydrogen-bond donors (Lipinski definition) is 0. The summed E-state index contributed by atoms with van der Waals surface area (Å²) in [6.07, 6.45) is 1.78. The zero-order valence-corrected chi connectivity index (χ0v) is 12.9. The maximum atomic E-state index is 12.7. The molecular formula is C17H13ClN2O3. The van der Waals surface area contributed by atoms with Crippen molar-refractivity contribution in [2.24, 2.45) is 0 Å². The smallest absolute Gasteiger partial charge is 0.290 e. The van der Waals surface area contributed by atoms with Gasteiger partial charge in [0.15, 0.2) is 5.76 Å². The summed E-state index contributed by atoms with van der Waals surface area (Å²) in [7, 11) is 0. The van der Waals surface area contributed by atoms with Crippen molar-refractivity contribution in [2.45, 2.75) is 13.0 Å². The molecule has 6 heteroatoms. The van der Waals surface area contributed by atoms with E-state index >= 15 is 0 Å². The van der Waals surface area contributed by atoms with Gasteiger partial charge in [0.1, 0.15) is 11.3 Å². The maximum absolute atomic E-state index is 12.7. The Labute approximate surface area is 137 Å². The Hall–Kier alpha value is -2.71. The molecule has 0 fully saturated rings. The van der Waals surface area contributed by atoms with Crippen molar-refractivity contribution < 1.29 is 13.6 Å². The van der Waals surface area contributed by atoms with Gasteiger partial charge in [-0.3, -0.25) is 4.79 Å². The van der Waals surface area contributed by atoms with Gasteiger partial charge in [-0.2, -0.15) is 5.26 Å². The first kappa shape index (κ1) is 15.2. The van der Waals surface area contributed by atoms with Crippen LogP contribution in [-0.4, -0.2) is 17.4 Å². The van der Waals surface area contributed by atoms with Gasteiger partial charge in [-0.25, -0.2) is 0 Å². The van der Waals surface area contributed by atoms with Crippen molar-refractivity contribution >= 4 is 28.5 Å². The Bertz CT molecular complexity index is 862. The molecule has 0 aliphatic heterocycles. The second kappa shape index (κ2) is 6.59. The number of rotatable bonds is 5. The molecule has 0 aliphatic rings. The summed E-state index contributed by atoms with van der Waals surface area (Å²) < 4.78 is 10.9. The number of furan rings is 2. The Kier molecular flexibility index (Phi) is 4.35. The van der Waals surface area contributed by atoms with E-state index in [4.69, 9.17) is 25.7 Å². The van der Waals surface area contributed by atoms with Crippen LogP contribution in [0.4, 0.5) is 0 Å². The number of nitrogens with zero attached hydrogens (tertiary/aromatic N) is 2. The lowest BCUT2D eigenvalue weighted by Gasteiger charge is -2.18. The Morgan fingerprint density at radius 1 is 1.30 bits per heavy atom. The largest absolute Gasteiger partial charge is 0.467 e. The fourth-order valence-electron chi connectivity index (χ4n) is 2.30. The van der Waals surface area contributed by atoms with E-state index in [2.05, 4.69) is 0 Å². The maximum Gasteiger partial charge on any atom is 0.290 e. The number of benzene rings is 1. The third-order valence-electron chi connectivity index (χ3n) is 3.40. The average molecular weight is 329 g/mol. The predicted molar refractivity (Wildman–Crippen MR) is 84.9 cm³/mol. The van der Waals surface area contributed by atoms with E-state index in [0.717, 1.165) is 5.39 Å². The van der Waals surface area contributed by atoms with E-state index in [1.807, 2.05) is 6.07 Å². The SMILES string of the molecule is N#CCCN(Cc1ccco1)C(=O)c1cc2cc(Cl)ccc2o1. The molecule has 0 unspecified atom stereocenters. The molecule has 116 valence electrons. The van der Waals surface area contributed by atoms with Crippen molar-refractivity contribution in [3.05, 3.63) is 59.2 Å². The summed E-state index contributed by atoms with van der Waals surface area (Å²) >= 11 is 5.95. The minimum atomic E-state index is -0.288. The molecule has 0 radical (unpaired) electrons. The molecule has 2 heterocycles. The zero-order valence-electron chi connectivity index (χ0n) is 12.2. The summed E-state index contributed by atoms with van der Waals surface area (Å²) in [5, 5.41) is 10.1. The Morgan fingerprint density at radius 2 is 2.17 bits per heavy atom. The summed E-state index contributed by atoms with van der Waals surface area (Å²) in [6, 6.07) is 12.4. The minimum absolute atomic E-state index is 0.215. The molecule has 0 spiro atoms. The van der Waals surface area contributed by atoms with Crippen LogP contribution in [0, 0.1) is 11.3 Å². The topological polar surface area (TPSA) is 70.4 Å². The molecule has 3 rings (SSSR count). The molecule has 0 saturated carbocycles. The van der Waals surface area contributed by atoms with Crippen LogP contribution >= 0.6 is 11.6 Å². The van der Waals surface area contributed by atoms with Gasteiger partial charge in [0.25, 0.3) is 5.91 Å². The van der Waals surface area contributed by atoms with Gasteiger partial charge >= 0.3 is 0 Å². The van der Waals surface area contributed by atoms with Crippen molar-refractivity contribution in [1.29, 1.82) is 5.26 Å². The van der Waals surface area contributed by atoms with Gasteiger partial charge in [0.05, 0.1) is 25.3 Å². The second-order valence-corrected chi connectivity index (χ2v) is 5.44. The molecule has 5 nitrogen and oxygen atoms in total. The molecule has 0 atom stereocenters. The first-order valence-electron chi connectivity index (χ1n) is 7.05. The van der Waals surface area contributed by atoms with Crippen LogP contribution in [0.1, 0.15) is 22.7 Å². The molecule has 0 saturated heterocycles. The lowest BCUT2D eigenvalue weighted by molar-refractivity contribution is 0.0705. The van der Waals surface area contributed by atoms with E-state index in [0.29, 0.717) is 22.9 Å². The first-order valence-corrected chi connectivity index (χ1v) is 7.43. The third kappa shape index (κ3) is 3.38. The van der Waals surface area contributed by atoms with Gasteiger partial charge in [-0.05, 0) is 36.4 Å². The summed E-state index contributed by atoms with van der Waals surface area (Å²) in [5.74, 6) is 0.575. The van der Waals surface area contributed by atoms with Crippen LogP contribution in [0.3, 0.4) is 0 Å². The molecule has 0 bridgehead atoms. The van der Waals surface area contributed by atoms with Gasteiger partial charge in [-0.15, -0.1) is 0 Å². The molecular weight excluding hydrogens is 316 g/mol. The highest BCUT2D eigenvalue weighted by Crippen LogP contribution is 2.24. The van der Waals surface area contributed by atoms with Crippen molar-refractivity contribution in [2.75, 3.05) is 6.54 Å². The lowest BCUT2D eigenvalue weighted by Crippen LogP contribution is -2.31. The fraction of sp³-hybridized carbons (Fsp3) is 0.176. The lowest BCUT2D eigenvalue weighted by atomic mass is 10.2. The van der Waals surface area contributed by atoms with Crippen molar-refractivity contribution in [3.8, 4) is 6.07 Å². The highest BCUT2D eigenvalue weighted by molar-refractivity contribution is 6.31. The van der Waals surface area contributed by atoms with E-state index < -0.39 is 0 Å². The molecule has 0 N–H and O–H groups in total. The number of fused-ring (bicyclic) bond motifs is 1. The molecule has 1 aromatic carbocycles. The van der Waals surface area contributed by atoms with Crippen LogP contribution in [0.5, 0.6) is 0 Å². The highest BCUT2D eigenvalue weighted by atomic mass is 35.5. The monoisotopic (exact) mass is 328 g/mol. The van der Waals surface area contributed by atoms with Gasteiger partial charge in [-0.1, -0.05) is 11.6 Å². The molecule has 2 aromatic heterocycles. The first-order chi connectivity index (χ1) is 11.2. The summed E-state index contributed by atoms with van der Waals surface area (Å²) in [4.78, 5) is 14.2. The number of carbonyl (C=O) groups excluding carboxylic acids is 1. The number of carbonyl (C=O) groups is 1. The van der Waals surface area contributed by atoms with E-state index in [1.165, 1.54) is 4.90 Å². The number of hydrogen-bond acceptors (Lipinski definition) is 4. The van der Waals surface area contributed by atoms with Crippen LogP contribution in [0.25, 0.3) is 11.0 Å². The second-order valence-electron chi connectivity index (χ2n) is 5.01. The fourth-order valence-corrected chi connectivity index (χ4v) is 2.48. The average Bonchev–Trinajstić information content (AvgIpc) is 3.19. The van der Waals surface area contributed by atoms with Crippen molar-refractivity contribution in [1.82, 2.24) is 4.90 Å². The quantitative estimate of drug-likeness (QED) is 0.702. The number of amides is 1. The zero-order chi connectivity index (χ0) is 16.2. The number of halogens is 1. The van der Waals surface area contributed by atoms with Crippen LogP contribution in [-0.2, 0) is 6.54 Å². The Balaban J connectivity index is 1.87. The van der Waals surface area contributed by atoms with E-state index in [1.54, 1.807) is 42.7 Å². The number of nitriles is 1. The minimum Gasteiger partial charge on any atom is -0.467 e. The molecule has 1 amide bonds. The van der Waals surface area contributed by atoms with Crippen molar-refractivity contribution in [3.63, 3.8) is 0 Å². The van der Waals surface area contributed by atoms with E-state index in [9.17, 15) is 4.79 Å². The normalized spacial score (nSPS) is 10.6.